The van der Waals surface area contributed by atoms with Crippen LogP contribution in [0.15, 0.2) is 23.2 Å². The van der Waals surface area contributed by atoms with Crippen molar-refractivity contribution >= 4 is 11.3 Å². The highest BCUT2D eigenvalue weighted by molar-refractivity contribution is 7.07. The molecular weight excluding hydrogens is 256 g/mol. The molecule has 0 bridgehead atoms. The molecule has 0 amide bonds. The lowest BCUT2D eigenvalue weighted by Crippen LogP contribution is -2.34. The van der Waals surface area contributed by atoms with Gasteiger partial charge in [-0.1, -0.05) is 6.92 Å². The van der Waals surface area contributed by atoms with Crippen molar-refractivity contribution in [1.82, 2.24) is 20.1 Å². The van der Waals surface area contributed by atoms with Gasteiger partial charge in [0.1, 0.15) is 12.2 Å². The van der Waals surface area contributed by atoms with E-state index in [0.717, 1.165) is 38.2 Å². The zero-order chi connectivity index (χ0) is 13.5. The van der Waals surface area contributed by atoms with Crippen molar-refractivity contribution < 1.29 is 0 Å². The Hall–Kier alpha value is -1.20. The molecule has 0 aliphatic carbocycles. The molecule has 2 rings (SSSR count). The topological polar surface area (TPSA) is 42.7 Å². The van der Waals surface area contributed by atoms with Gasteiger partial charge < -0.3 is 5.32 Å². The largest absolute Gasteiger partial charge is 0.313 e. The van der Waals surface area contributed by atoms with Crippen LogP contribution in [-0.2, 0) is 19.4 Å². The van der Waals surface area contributed by atoms with E-state index in [1.807, 2.05) is 4.68 Å². The first-order valence-corrected chi connectivity index (χ1v) is 7.88. The lowest BCUT2D eigenvalue weighted by molar-refractivity contribution is 0.478. The predicted octanol–water partition coefficient (Wildman–Crippen LogP) is 2.51. The molecule has 104 valence electrons. The third-order valence-corrected chi connectivity index (χ3v) is 3.90. The van der Waals surface area contributed by atoms with Crippen LogP contribution in [0, 0.1) is 0 Å². The fourth-order valence-corrected chi connectivity index (χ4v) is 2.87. The van der Waals surface area contributed by atoms with E-state index in [9.17, 15) is 0 Å². The van der Waals surface area contributed by atoms with Crippen LogP contribution >= 0.6 is 11.3 Å². The van der Waals surface area contributed by atoms with Crippen molar-refractivity contribution in [3.8, 4) is 0 Å². The molecule has 0 aliphatic rings. The van der Waals surface area contributed by atoms with Gasteiger partial charge in [-0.2, -0.15) is 16.4 Å². The van der Waals surface area contributed by atoms with E-state index < -0.39 is 0 Å². The third-order valence-electron chi connectivity index (χ3n) is 3.17. The Kier molecular flexibility index (Phi) is 5.54. The number of hydrogen-bond acceptors (Lipinski definition) is 4. The molecule has 2 aromatic rings. The summed E-state index contributed by atoms with van der Waals surface area (Å²) in [5, 5.41) is 12.2. The van der Waals surface area contributed by atoms with E-state index in [0.29, 0.717) is 6.04 Å². The molecule has 4 nitrogen and oxygen atoms in total. The maximum atomic E-state index is 4.38. The second-order valence-electron chi connectivity index (χ2n) is 4.68. The summed E-state index contributed by atoms with van der Waals surface area (Å²) >= 11 is 1.76. The van der Waals surface area contributed by atoms with E-state index in [4.69, 9.17) is 0 Å². The first kappa shape index (κ1) is 14.2. The van der Waals surface area contributed by atoms with Crippen molar-refractivity contribution in [2.45, 2.75) is 45.7 Å². The zero-order valence-electron chi connectivity index (χ0n) is 11.7. The molecule has 0 spiro atoms. The molecule has 1 atom stereocenters. The molecule has 0 aliphatic heterocycles. The molecule has 0 saturated heterocycles. The van der Waals surface area contributed by atoms with Gasteiger partial charge in [-0.05, 0) is 48.7 Å². The van der Waals surface area contributed by atoms with Gasteiger partial charge in [0.05, 0.1) is 0 Å². The summed E-state index contributed by atoms with van der Waals surface area (Å²) in [6.45, 7) is 6.23. The van der Waals surface area contributed by atoms with E-state index >= 15 is 0 Å². The molecule has 5 heteroatoms. The lowest BCUT2D eigenvalue weighted by atomic mass is 10.1. The third kappa shape index (κ3) is 4.14. The molecule has 19 heavy (non-hydrogen) atoms. The molecule has 0 fully saturated rings. The fraction of sp³-hybridized carbons (Fsp3) is 0.571. The van der Waals surface area contributed by atoms with Crippen molar-refractivity contribution in [1.29, 1.82) is 0 Å². The lowest BCUT2D eigenvalue weighted by Gasteiger charge is -2.17. The van der Waals surface area contributed by atoms with Crippen LogP contribution < -0.4 is 5.32 Å². The Bertz CT molecular complexity index is 464. The Morgan fingerprint density at radius 1 is 1.37 bits per heavy atom. The van der Waals surface area contributed by atoms with Crippen LogP contribution in [0.1, 0.15) is 31.7 Å². The molecule has 2 aromatic heterocycles. The van der Waals surface area contributed by atoms with Crippen molar-refractivity contribution in [3.05, 3.63) is 34.5 Å². The molecule has 0 aromatic carbocycles. The average Bonchev–Trinajstić information content (AvgIpc) is 3.07. The minimum atomic E-state index is 0.434. The number of aromatic nitrogens is 3. The Morgan fingerprint density at radius 2 is 2.26 bits per heavy atom. The van der Waals surface area contributed by atoms with Crippen LogP contribution in [0.3, 0.4) is 0 Å². The van der Waals surface area contributed by atoms with E-state index in [1.54, 1.807) is 17.7 Å². The Balaban J connectivity index is 2.00. The van der Waals surface area contributed by atoms with E-state index in [1.165, 1.54) is 5.56 Å². The molecule has 1 N–H and O–H groups in total. The van der Waals surface area contributed by atoms with E-state index in [-0.39, 0.29) is 0 Å². The molecule has 1 unspecified atom stereocenters. The summed E-state index contributed by atoms with van der Waals surface area (Å²) in [6, 6.07) is 2.64. The summed E-state index contributed by atoms with van der Waals surface area (Å²) in [6.07, 6.45) is 4.80. The van der Waals surface area contributed by atoms with Gasteiger partial charge in [0.15, 0.2) is 0 Å². The first-order valence-electron chi connectivity index (χ1n) is 6.94. The van der Waals surface area contributed by atoms with Gasteiger partial charge in [-0.3, -0.25) is 4.68 Å². The number of hydrogen-bond donors (Lipinski definition) is 1. The highest BCUT2D eigenvalue weighted by Crippen LogP contribution is 2.11. The molecule has 0 saturated carbocycles. The summed E-state index contributed by atoms with van der Waals surface area (Å²) in [4.78, 5) is 4.38. The summed E-state index contributed by atoms with van der Waals surface area (Å²) < 4.78 is 1.98. The highest BCUT2D eigenvalue weighted by atomic mass is 32.1. The second-order valence-corrected chi connectivity index (χ2v) is 5.46. The Morgan fingerprint density at radius 3 is 2.95 bits per heavy atom. The fourth-order valence-electron chi connectivity index (χ4n) is 2.19. The van der Waals surface area contributed by atoms with Gasteiger partial charge in [0.25, 0.3) is 0 Å². The Labute approximate surface area is 118 Å². The van der Waals surface area contributed by atoms with Crippen LogP contribution in [0.2, 0.25) is 0 Å². The van der Waals surface area contributed by atoms with Gasteiger partial charge in [-0.25, -0.2) is 4.98 Å². The monoisotopic (exact) mass is 278 g/mol. The first-order chi connectivity index (χ1) is 9.33. The van der Waals surface area contributed by atoms with Crippen LogP contribution in [0.25, 0.3) is 0 Å². The van der Waals surface area contributed by atoms with Gasteiger partial charge in [0.2, 0.25) is 0 Å². The van der Waals surface area contributed by atoms with Crippen LogP contribution in [-0.4, -0.2) is 27.4 Å². The van der Waals surface area contributed by atoms with Gasteiger partial charge in [-0.15, -0.1) is 0 Å². The number of aryl methyl sites for hydroxylation is 1. The van der Waals surface area contributed by atoms with Crippen LogP contribution in [0.4, 0.5) is 0 Å². The zero-order valence-corrected chi connectivity index (χ0v) is 12.5. The predicted molar refractivity (Wildman–Crippen MR) is 79.5 cm³/mol. The maximum absolute atomic E-state index is 4.38. The van der Waals surface area contributed by atoms with Crippen LogP contribution in [0.5, 0.6) is 0 Å². The molecule has 2 heterocycles. The second kappa shape index (κ2) is 7.40. The quantitative estimate of drug-likeness (QED) is 0.807. The average molecular weight is 278 g/mol. The normalized spacial score (nSPS) is 12.7. The van der Waals surface area contributed by atoms with Gasteiger partial charge in [0, 0.05) is 19.0 Å². The number of nitrogens with one attached hydrogen (secondary N) is 1. The SMILES string of the molecule is CCCNC(Cc1ccsc1)Cc1ncnn1CC. The van der Waals surface area contributed by atoms with Gasteiger partial charge >= 0.3 is 0 Å². The number of nitrogens with zero attached hydrogens (tertiary/aromatic N) is 3. The summed E-state index contributed by atoms with van der Waals surface area (Å²) in [5.41, 5.74) is 1.40. The number of thiophene rings is 1. The minimum Gasteiger partial charge on any atom is -0.313 e. The maximum Gasteiger partial charge on any atom is 0.138 e. The molecular formula is C14H22N4S. The number of rotatable bonds is 8. The summed E-state index contributed by atoms with van der Waals surface area (Å²) in [7, 11) is 0. The summed E-state index contributed by atoms with van der Waals surface area (Å²) in [5.74, 6) is 1.08. The molecule has 0 radical (unpaired) electrons. The van der Waals surface area contributed by atoms with Crippen molar-refractivity contribution in [3.63, 3.8) is 0 Å². The van der Waals surface area contributed by atoms with Crippen molar-refractivity contribution in [2.75, 3.05) is 6.54 Å². The highest BCUT2D eigenvalue weighted by Gasteiger charge is 2.13. The van der Waals surface area contributed by atoms with Crippen molar-refractivity contribution in [2.24, 2.45) is 0 Å². The standard InChI is InChI=1S/C14H22N4S/c1-3-6-15-13(8-12-5-7-19-10-12)9-14-16-11-17-18(14)4-2/h5,7,10-11,13,15H,3-4,6,8-9H2,1-2H3. The minimum absolute atomic E-state index is 0.434. The van der Waals surface area contributed by atoms with E-state index in [2.05, 4.69) is 46.1 Å². The smallest absolute Gasteiger partial charge is 0.138 e.